The lowest BCUT2D eigenvalue weighted by Gasteiger charge is -2.23. The molecule has 20 heavy (non-hydrogen) atoms. The van der Waals surface area contributed by atoms with Crippen LogP contribution >= 0.6 is 0 Å². The average Bonchev–Trinajstić information content (AvgIpc) is 2.92. The zero-order valence-electron chi connectivity index (χ0n) is 10.9. The van der Waals surface area contributed by atoms with Gasteiger partial charge in [-0.3, -0.25) is 9.78 Å². The molecular formula is C14H15FN4O. The van der Waals surface area contributed by atoms with Gasteiger partial charge in [-0.05, 0) is 18.4 Å². The summed E-state index contributed by atoms with van der Waals surface area (Å²) >= 11 is 0. The second-order valence-corrected chi connectivity index (χ2v) is 4.96. The average molecular weight is 274 g/mol. The molecule has 0 aromatic carbocycles. The summed E-state index contributed by atoms with van der Waals surface area (Å²) in [5, 5.41) is 2.79. The maximum atomic E-state index is 13.4. The van der Waals surface area contributed by atoms with Gasteiger partial charge in [0.25, 0.3) is 5.91 Å². The Hall–Kier alpha value is -2.24. The van der Waals surface area contributed by atoms with Crippen LogP contribution in [0.5, 0.6) is 0 Å². The lowest BCUT2D eigenvalue weighted by molar-refractivity contribution is 0.0940. The van der Waals surface area contributed by atoms with Crippen molar-refractivity contribution in [2.45, 2.75) is 19.4 Å². The minimum absolute atomic E-state index is 0.0392. The molecule has 0 fully saturated rings. The second-order valence-electron chi connectivity index (χ2n) is 4.96. The smallest absolute Gasteiger partial charge is 0.254 e. The van der Waals surface area contributed by atoms with E-state index in [2.05, 4.69) is 19.9 Å². The van der Waals surface area contributed by atoms with Crippen LogP contribution in [0.25, 0.3) is 0 Å². The SMILES string of the molecule is O=C(NCC1CCn2ccnc2C1)c1ccncc1F. The van der Waals surface area contributed by atoms with Crippen molar-refractivity contribution in [1.29, 1.82) is 0 Å². The molecule has 104 valence electrons. The Balaban J connectivity index is 1.58. The van der Waals surface area contributed by atoms with Crippen LogP contribution in [0.1, 0.15) is 22.6 Å². The molecular weight excluding hydrogens is 259 g/mol. The molecule has 0 saturated heterocycles. The number of hydrogen-bond donors (Lipinski definition) is 1. The number of hydrogen-bond acceptors (Lipinski definition) is 3. The van der Waals surface area contributed by atoms with Crippen molar-refractivity contribution in [3.63, 3.8) is 0 Å². The van der Waals surface area contributed by atoms with Crippen molar-refractivity contribution in [3.05, 3.63) is 48.1 Å². The van der Waals surface area contributed by atoms with Gasteiger partial charge < -0.3 is 9.88 Å². The number of carbonyl (C=O) groups is 1. The van der Waals surface area contributed by atoms with E-state index in [4.69, 9.17) is 0 Å². The van der Waals surface area contributed by atoms with E-state index >= 15 is 0 Å². The van der Waals surface area contributed by atoms with Gasteiger partial charge in [0.15, 0.2) is 5.82 Å². The minimum Gasteiger partial charge on any atom is -0.352 e. The van der Waals surface area contributed by atoms with E-state index in [0.717, 1.165) is 31.4 Å². The van der Waals surface area contributed by atoms with Gasteiger partial charge in [0.2, 0.25) is 0 Å². The third-order valence-corrected chi connectivity index (χ3v) is 3.62. The normalized spacial score (nSPS) is 17.6. The van der Waals surface area contributed by atoms with Gasteiger partial charge in [0.05, 0.1) is 11.8 Å². The summed E-state index contributed by atoms with van der Waals surface area (Å²) in [5.74, 6) is 0.410. The molecule has 3 heterocycles. The summed E-state index contributed by atoms with van der Waals surface area (Å²) in [6.07, 6.45) is 8.05. The molecule has 1 aliphatic rings. The molecule has 0 bridgehead atoms. The predicted molar refractivity (Wildman–Crippen MR) is 70.6 cm³/mol. The maximum absolute atomic E-state index is 13.4. The molecule has 0 aliphatic carbocycles. The summed E-state index contributed by atoms with van der Waals surface area (Å²) < 4.78 is 15.6. The molecule has 1 aliphatic heterocycles. The second kappa shape index (κ2) is 5.40. The van der Waals surface area contributed by atoms with Crippen LogP contribution in [-0.4, -0.2) is 27.0 Å². The van der Waals surface area contributed by atoms with Crippen LogP contribution in [-0.2, 0) is 13.0 Å². The van der Waals surface area contributed by atoms with Gasteiger partial charge in [-0.15, -0.1) is 0 Å². The van der Waals surface area contributed by atoms with Crippen LogP contribution < -0.4 is 5.32 Å². The summed E-state index contributed by atoms with van der Waals surface area (Å²) in [6.45, 7) is 1.45. The number of halogens is 1. The van der Waals surface area contributed by atoms with Gasteiger partial charge in [0, 0.05) is 38.1 Å². The summed E-state index contributed by atoms with van der Waals surface area (Å²) in [4.78, 5) is 19.8. The lowest BCUT2D eigenvalue weighted by Crippen LogP contribution is -2.33. The molecule has 5 nitrogen and oxygen atoms in total. The summed E-state index contributed by atoms with van der Waals surface area (Å²) in [7, 11) is 0. The van der Waals surface area contributed by atoms with Gasteiger partial charge in [-0.2, -0.15) is 0 Å². The highest BCUT2D eigenvalue weighted by atomic mass is 19.1. The molecule has 1 N–H and O–H groups in total. The number of imidazole rings is 1. The van der Waals surface area contributed by atoms with E-state index < -0.39 is 5.82 Å². The van der Waals surface area contributed by atoms with E-state index in [1.807, 2.05) is 6.20 Å². The molecule has 1 amide bonds. The molecule has 3 rings (SSSR count). The first-order chi connectivity index (χ1) is 9.74. The Labute approximate surface area is 115 Å². The van der Waals surface area contributed by atoms with Crippen LogP contribution in [0.15, 0.2) is 30.9 Å². The molecule has 2 aromatic rings. The number of carbonyl (C=O) groups excluding carboxylic acids is 1. The van der Waals surface area contributed by atoms with Gasteiger partial charge in [-0.25, -0.2) is 9.37 Å². The zero-order chi connectivity index (χ0) is 13.9. The fourth-order valence-corrected chi connectivity index (χ4v) is 2.48. The number of aromatic nitrogens is 3. The van der Waals surface area contributed by atoms with Crippen molar-refractivity contribution in [2.24, 2.45) is 5.92 Å². The molecule has 0 spiro atoms. The van der Waals surface area contributed by atoms with Crippen molar-refractivity contribution in [2.75, 3.05) is 6.54 Å². The Morgan fingerprint density at radius 2 is 2.40 bits per heavy atom. The van der Waals surface area contributed by atoms with Gasteiger partial charge in [-0.1, -0.05) is 0 Å². The van der Waals surface area contributed by atoms with Crippen LogP contribution in [0.3, 0.4) is 0 Å². The monoisotopic (exact) mass is 274 g/mol. The molecule has 2 aromatic heterocycles. The Bertz CT molecular complexity index is 625. The molecule has 1 unspecified atom stereocenters. The number of rotatable bonds is 3. The van der Waals surface area contributed by atoms with Crippen LogP contribution in [0.4, 0.5) is 4.39 Å². The van der Waals surface area contributed by atoms with E-state index in [9.17, 15) is 9.18 Å². The highest BCUT2D eigenvalue weighted by Gasteiger charge is 2.20. The quantitative estimate of drug-likeness (QED) is 0.920. The third kappa shape index (κ3) is 2.54. The number of nitrogens with one attached hydrogen (secondary N) is 1. The van der Waals surface area contributed by atoms with E-state index in [1.165, 1.54) is 12.3 Å². The first kappa shape index (κ1) is 12.8. The maximum Gasteiger partial charge on any atom is 0.254 e. The largest absolute Gasteiger partial charge is 0.352 e. The highest BCUT2D eigenvalue weighted by molar-refractivity contribution is 5.94. The minimum atomic E-state index is -0.593. The van der Waals surface area contributed by atoms with Gasteiger partial charge in [0.1, 0.15) is 5.82 Å². The zero-order valence-corrected chi connectivity index (χ0v) is 10.9. The molecule has 0 saturated carbocycles. The number of pyridine rings is 1. The number of fused-ring (bicyclic) bond motifs is 1. The standard InChI is InChI=1S/C14H15FN4O/c15-12-9-16-3-1-11(12)14(20)18-8-10-2-5-19-6-4-17-13(19)7-10/h1,3-4,6,9-10H,2,5,7-8H2,(H,18,20). The van der Waals surface area contributed by atoms with Crippen molar-refractivity contribution in [3.8, 4) is 0 Å². The third-order valence-electron chi connectivity index (χ3n) is 3.62. The van der Waals surface area contributed by atoms with Crippen LogP contribution in [0.2, 0.25) is 0 Å². The van der Waals surface area contributed by atoms with Gasteiger partial charge >= 0.3 is 0 Å². The van der Waals surface area contributed by atoms with E-state index in [1.54, 1.807) is 6.20 Å². The molecule has 1 atom stereocenters. The number of nitrogens with zero attached hydrogens (tertiary/aromatic N) is 3. The summed E-state index contributed by atoms with van der Waals surface area (Å²) in [5.41, 5.74) is 0.0392. The Morgan fingerprint density at radius 3 is 3.25 bits per heavy atom. The predicted octanol–water partition coefficient (Wildman–Crippen LogP) is 1.41. The van der Waals surface area contributed by atoms with Crippen molar-refractivity contribution >= 4 is 5.91 Å². The first-order valence-corrected chi connectivity index (χ1v) is 6.62. The number of amides is 1. The lowest BCUT2D eigenvalue weighted by atomic mass is 9.97. The van der Waals surface area contributed by atoms with Crippen LogP contribution in [0, 0.1) is 11.7 Å². The molecule has 0 radical (unpaired) electrons. The van der Waals surface area contributed by atoms with E-state index in [-0.39, 0.29) is 11.5 Å². The summed E-state index contributed by atoms with van der Waals surface area (Å²) in [6, 6.07) is 1.39. The molecule has 6 heteroatoms. The van der Waals surface area contributed by atoms with Crippen molar-refractivity contribution in [1.82, 2.24) is 19.9 Å². The highest BCUT2D eigenvalue weighted by Crippen LogP contribution is 2.18. The topological polar surface area (TPSA) is 59.8 Å². The first-order valence-electron chi connectivity index (χ1n) is 6.62. The van der Waals surface area contributed by atoms with E-state index in [0.29, 0.717) is 12.5 Å². The Morgan fingerprint density at radius 1 is 1.50 bits per heavy atom. The fourth-order valence-electron chi connectivity index (χ4n) is 2.48. The Kier molecular flexibility index (Phi) is 3.45. The fraction of sp³-hybridized carbons (Fsp3) is 0.357. The number of aryl methyl sites for hydroxylation is 1. The van der Waals surface area contributed by atoms with Crippen molar-refractivity contribution < 1.29 is 9.18 Å².